The van der Waals surface area contributed by atoms with Crippen molar-refractivity contribution in [2.75, 3.05) is 9.80 Å². The van der Waals surface area contributed by atoms with Crippen LogP contribution in [0.4, 0.5) is 11.4 Å². The molecule has 1 aliphatic heterocycles. The van der Waals surface area contributed by atoms with Gasteiger partial charge in [0.2, 0.25) is 6.67 Å². The van der Waals surface area contributed by atoms with Gasteiger partial charge >= 0.3 is 50.4 Å². The molecule has 0 saturated carbocycles. The Balaban J connectivity index is 0.00000139. The molecule has 5 rings (SSSR count). The van der Waals surface area contributed by atoms with Crippen LogP contribution < -0.4 is 20.4 Å². The Labute approximate surface area is 304 Å². The Kier molecular flexibility index (Phi) is 15.8. The third-order valence-corrected chi connectivity index (χ3v) is 10.5. The Morgan fingerprint density at radius 3 is 1.20 bits per heavy atom. The zero-order chi connectivity index (χ0) is 34.0. The first kappa shape index (κ1) is 38.7. The van der Waals surface area contributed by atoms with Gasteiger partial charge < -0.3 is 9.80 Å². The molecule has 0 atom stereocenters. The van der Waals surface area contributed by atoms with Crippen LogP contribution in [0.5, 0.6) is 0 Å². The molecule has 4 aromatic rings. The molecule has 46 heavy (non-hydrogen) atoms. The molecule has 0 fully saturated rings. The van der Waals surface area contributed by atoms with Crippen LogP contribution in [0.1, 0.15) is 101 Å². The Bertz CT molecular complexity index is 1450. The van der Waals surface area contributed by atoms with Crippen molar-refractivity contribution in [1.29, 1.82) is 0 Å². The molecule has 0 unspecified atom stereocenters. The van der Waals surface area contributed by atoms with Crippen molar-refractivity contribution in [1.82, 2.24) is 0 Å². The minimum absolute atomic E-state index is 0.379. The van der Waals surface area contributed by atoms with Crippen LogP contribution in [0.15, 0.2) is 109 Å². The van der Waals surface area contributed by atoms with E-state index in [0.29, 0.717) is 23.7 Å². The van der Waals surface area contributed by atoms with Crippen LogP contribution in [0.3, 0.4) is 0 Å². The molecular formula is C39H45Cl2Cu2N2P. The number of hydrogen-bond donors (Lipinski definition) is 0. The van der Waals surface area contributed by atoms with Crippen molar-refractivity contribution >= 4 is 50.1 Å². The average molecular weight is 771 g/mol. The second kappa shape index (κ2) is 18.7. The summed E-state index contributed by atoms with van der Waals surface area (Å²) in [6.07, 6.45) is 2.39. The number of anilines is 2. The maximum absolute atomic E-state index is 4.20. The van der Waals surface area contributed by atoms with Gasteiger partial charge in [0.1, 0.15) is 0 Å². The fraction of sp³-hybridized carbons (Fsp3) is 0.308. The molecule has 0 aromatic heterocycles. The van der Waals surface area contributed by atoms with Crippen LogP contribution in [0.25, 0.3) is 0 Å². The van der Waals surface area contributed by atoms with Gasteiger partial charge in [-0.05, 0) is 56.5 Å². The molecule has 0 aliphatic carbocycles. The monoisotopic (exact) mass is 768 g/mol. The summed E-state index contributed by atoms with van der Waals surface area (Å²) in [5, 5.41) is 2.68. The number of para-hydroxylation sites is 2. The summed E-state index contributed by atoms with van der Waals surface area (Å²) in [4.78, 5) is 4.75. The topological polar surface area (TPSA) is 6.48 Å². The van der Waals surface area contributed by atoms with Crippen molar-refractivity contribution in [2.45, 2.75) is 79.1 Å². The van der Waals surface area contributed by atoms with E-state index in [1.165, 1.54) is 49.7 Å². The van der Waals surface area contributed by atoms with Gasteiger partial charge in [0.15, 0.2) is 0 Å². The van der Waals surface area contributed by atoms with Crippen LogP contribution in [-0.2, 0) is 30.2 Å². The zero-order valence-electron chi connectivity index (χ0n) is 27.8. The van der Waals surface area contributed by atoms with E-state index in [4.69, 9.17) is 0 Å². The van der Waals surface area contributed by atoms with Crippen molar-refractivity contribution in [3.63, 3.8) is 0 Å². The first-order valence-corrected chi connectivity index (χ1v) is 19.6. The fourth-order valence-electron chi connectivity index (χ4n) is 5.93. The van der Waals surface area contributed by atoms with Crippen LogP contribution in [0.2, 0.25) is 0 Å². The number of benzene rings is 4. The Hall–Kier alpha value is -1.73. The SMILES string of the molecule is CC(C)c1cccc(C(C)C)c1N1[C]N(c2c(C(C)C)cccc2C(C)C)C(P(c2ccccc2)c2ccccc2)=C1.[Cl][Cu].[Cl][Cu]. The normalized spacial score (nSPS) is 12.9. The Morgan fingerprint density at radius 1 is 0.500 bits per heavy atom. The van der Waals surface area contributed by atoms with Gasteiger partial charge in [0, 0.05) is 14.1 Å². The van der Waals surface area contributed by atoms with Gasteiger partial charge in [0.25, 0.3) is 0 Å². The summed E-state index contributed by atoms with van der Waals surface area (Å²) in [6.45, 7) is 22.4. The molecule has 1 aliphatic rings. The van der Waals surface area contributed by atoms with Gasteiger partial charge in [-0.2, -0.15) is 0 Å². The molecule has 4 aromatic carbocycles. The summed E-state index contributed by atoms with van der Waals surface area (Å²) >= 11 is 7.32. The first-order valence-electron chi connectivity index (χ1n) is 15.6. The van der Waals surface area contributed by atoms with E-state index in [1.807, 2.05) is 0 Å². The third-order valence-electron chi connectivity index (χ3n) is 8.09. The molecule has 0 bridgehead atoms. The Morgan fingerprint density at radius 2 is 0.848 bits per heavy atom. The van der Waals surface area contributed by atoms with E-state index < -0.39 is 7.92 Å². The molecule has 0 spiro atoms. The number of rotatable bonds is 9. The van der Waals surface area contributed by atoms with Crippen molar-refractivity contribution in [3.8, 4) is 0 Å². The van der Waals surface area contributed by atoms with Crippen molar-refractivity contribution < 1.29 is 30.2 Å². The molecule has 252 valence electrons. The predicted octanol–water partition coefficient (Wildman–Crippen LogP) is 11.8. The quantitative estimate of drug-likeness (QED) is 0.124. The molecule has 0 N–H and O–H groups in total. The van der Waals surface area contributed by atoms with Crippen LogP contribution in [0, 0.1) is 6.67 Å². The second-order valence-electron chi connectivity index (χ2n) is 12.5. The van der Waals surface area contributed by atoms with Crippen molar-refractivity contribution in [3.05, 3.63) is 138 Å². The molecule has 7 heteroatoms. The summed E-state index contributed by atoms with van der Waals surface area (Å²) in [5.74, 6) is 1.55. The van der Waals surface area contributed by atoms with E-state index in [-0.39, 0.29) is 0 Å². The van der Waals surface area contributed by atoms with E-state index in [0.717, 1.165) is 0 Å². The zero-order valence-corrected chi connectivity index (χ0v) is 32.1. The summed E-state index contributed by atoms with van der Waals surface area (Å²) in [5.41, 5.74) is 9.27. The van der Waals surface area contributed by atoms with Crippen LogP contribution in [-0.4, -0.2) is 0 Å². The van der Waals surface area contributed by atoms with Gasteiger partial charge in [-0.1, -0.05) is 152 Å². The van der Waals surface area contributed by atoms with Gasteiger partial charge in [-0.25, -0.2) is 0 Å². The first-order chi connectivity index (χ1) is 22.2. The predicted molar refractivity (Wildman–Crippen MR) is 196 cm³/mol. The molecule has 0 amide bonds. The number of halogens is 2. The maximum atomic E-state index is 4.20. The molecular weight excluding hydrogens is 725 g/mol. The fourth-order valence-corrected chi connectivity index (χ4v) is 8.27. The number of hydrogen-bond acceptors (Lipinski definition) is 2. The second-order valence-corrected chi connectivity index (χ2v) is 14.6. The minimum atomic E-state index is -0.862. The summed E-state index contributed by atoms with van der Waals surface area (Å²) < 4.78 is 0. The van der Waals surface area contributed by atoms with Gasteiger partial charge in [-0.3, -0.25) is 0 Å². The molecule has 2 radical (unpaired) electrons. The van der Waals surface area contributed by atoms with Crippen LogP contribution >= 0.6 is 28.1 Å². The summed E-state index contributed by atoms with van der Waals surface area (Å²) in [6, 6.07) is 35.7. The van der Waals surface area contributed by atoms with E-state index in [9.17, 15) is 0 Å². The average Bonchev–Trinajstić information content (AvgIpc) is 3.51. The van der Waals surface area contributed by atoms with Gasteiger partial charge in [0.05, 0.1) is 16.8 Å². The standard InChI is InChI=1S/C39H45N2P.2ClH.2Cu/c1-27(2)33-21-15-22-34(28(3)4)38(33)40-25-37(42(31-17-11-9-12-18-31)32-19-13-10-14-20-32)41(26-40)39-35(29(5)6)23-16-24-36(39)30(7)8;;;;/h9-25,27-30H,1-8H3;2*1H;;/q;;;2*+1/p-2. The molecule has 0 saturated heterocycles. The molecule has 1 heterocycles. The van der Waals surface area contributed by atoms with E-state index in [1.54, 1.807) is 0 Å². The van der Waals surface area contributed by atoms with Gasteiger partial charge in [-0.15, -0.1) is 0 Å². The summed E-state index contributed by atoms with van der Waals surface area (Å²) in [7, 11) is 7.54. The molecule has 2 nitrogen and oxygen atoms in total. The third kappa shape index (κ3) is 8.83. The number of nitrogens with zero attached hydrogens (tertiary/aromatic N) is 2. The van der Waals surface area contributed by atoms with Crippen molar-refractivity contribution in [2.24, 2.45) is 0 Å². The van der Waals surface area contributed by atoms with E-state index >= 15 is 0 Å². The van der Waals surface area contributed by atoms with E-state index in [2.05, 4.69) is 226 Å².